The molecule has 0 atom stereocenters. The Morgan fingerprint density at radius 1 is 0.327 bits per heavy atom. The molecule has 0 aliphatic carbocycles. The van der Waals surface area contributed by atoms with Crippen LogP contribution in [0.4, 0.5) is 17.1 Å². The van der Waals surface area contributed by atoms with Gasteiger partial charge in [0.25, 0.3) is 0 Å². The number of para-hydroxylation sites is 2. The topological polar surface area (TPSA) is 42.4 Å². The van der Waals surface area contributed by atoms with Crippen molar-refractivity contribution in [1.82, 2.24) is 4.98 Å². The van der Waals surface area contributed by atoms with Crippen LogP contribution in [-0.4, -0.2) is 4.98 Å². The fraction of sp³-hybridized carbons (Fsp3) is 0. The number of nitrogens with zero attached hydrogens (tertiary/aromatic N) is 2. The van der Waals surface area contributed by atoms with Crippen LogP contribution in [0.2, 0.25) is 0 Å². The summed E-state index contributed by atoms with van der Waals surface area (Å²) in [5.41, 5.74) is 12.0. The lowest BCUT2D eigenvalue weighted by Crippen LogP contribution is -2.09. The first-order chi connectivity index (χ1) is 27.2. The summed E-state index contributed by atoms with van der Waals surface area (Å²) in [6.07, 6.45) is 0. The van der Waals surface area contributed by atoms with E-state index in [1.807, 2.05) is 24.3 Å². The molecule has 9 aromatic carbocycles. The van der Waals surface area contributed by atoms with Gasteiger partial charge in [-0.05, 0) is 129 Å². The standard InChI is InChI=1S/C51H32N2O2/c1-2-8-33(9-3-1)34-18-22-42(23-19-34)53(43-24-20-39-28-37-10-4-5-11-38(37)29-41(39)30-43)44-25-27-46-45-26-21-40(31-49(45)54-50(46)32-44)35-14-16-36(17-15-35)51-52-47-12-6-7-13-48(47)55-51/h1-32H. The fourth-order valence-corrected chi connectivity index (χ4v) is 7.83. The van der Waals surface area contributed by atoms with Gasteiger partial charge in [0.1, 0.15) is 16.7 Å². The van der Waals surface area contributed by atoms with Crippen molar-refractivity contribution in [3.05, 3.63) is 194 Å². The largest absolute Gasteiger partial charge is 0.456 e. The number of fused-ring (bicyclic) bond motifs is 6. The van der Waals surface area contributed by atoms with Crippen molar-refractivity contribution in [1.29, 1.82) is 0 Å². The summed E-state index contributed by atoms with van der Waals surface area (Å²) >= 11 is 0. The SMILES string of the molecule is c1ccc(-c2ccc(N(c3ccc4cc5ccccc5cc4c3)c3ccc4c(c3)oc3cc(-c5ccc(-c6nc7ccccc7o6)cc5)ccc34)cc2)cc1. The van der Waals surface area contributed by atoms with Gasteiger partial charge in [0.05, 0.1) is 0 Å². The minimum atomic E-state index is 0.620. The summed E-state index contributed by atoms with van der Waals surface area (Å²) in [4.78, 5) is 6.98. The molecule has 11 rings (SSSR count). The number of rotatable bonds is 6. The van der Waals surface area contributed by atoms with Crippen LogP contribution in [0.1, 0.15) is 0 Å². The molecule has 2 heterocycles. The van der Waals surface area contributed by atoms with Crippen molar-refractivity contribution in [3.63, 3.8) is 0 Å². The van der Waals surface area contributed by atoms with E-state index in [2.05, 4.69) is 180 Å². The van der Waals surface area contributed by atoms with Gasteiger partial charge < -0.3 is 13.7 Å². The van der Waals surface area contributed by atoms with E-state index < -0.39 is 0 Å². The van der Waals surface area contributed by atoms with Gasteiger partial charge in [-0.3, -0.25) is 0 Å². The van der Waals surface area contributed by atoms with Gasteiger partial charge in [0.2, 0.25) is 5.89 Å². The third-order valence-corrected chi connectivity index (χ3v) is 10.7. The van der Waals surface area contributed by atoms with Crippen molar-refractivity contribution in [2.75, 3.05) is 4.90 Å². The lowest BCUT2D eigenvalue weighted by molar-refractivity contribution is 0.620. The van der Waals surface area contributed by atoms with Gasteiger partial charge in [-0.2, -0.15) is 0 Å². The maximum absolute atomic E-state index is 6.65. The minimum absolute atomic E-state index is 0.620. The molecule has 0 saturated heterocycles. The second-order valence-corrected chi connectivity index (χ2v) is 14.0. The van der Waals surface area contributed by atoms with Crippen LogP contribution in [0, 0.1) is 0 Å². The summed E-state index contributed by atoms with van der Waals surface area (Å²) in [5, 5.41) is 7.05. The van der Waals surface area contributed by atoms with E-state index in [1.165, 1.54) is 32.7 Å². The van der Waals surface area contributed by atoms with Crippen molar-refractivity contribution < 1.29 is 8.83 Å². The first-order valence-corrected chi connectivity index (χ1v) is 18.5. The van der Waals surface area contributed by atoms with E-state index in [1.54, 1.807) is 0 Å². The predicted molar refractivity (Wildman–Crippen MR) is 227 cm³/mol. The highest BCUT2D eigenvalue weighted by molar-refractivity contribution is 6.07. The van der Waals surface area contributed by atoms with Crippen LogP contribution < -0.4 is 4.90 Å². The van der Waals surface area contributed by atoms with Gasteiger partial charge in [-0.1, -0.05) is 103 Å². The van der Waals surface area contributed by atoms with E-state index in [0.717, 1.165) is 66.8 Å². The van der Waals surface area contributed by atoms with Gasteiger partial charge in [-0.15, -0.1) is 0 Å². The highest BCUT2D eigenvalue weighted by Gasteiger charge is 2.17. The van der Waals surface area contributed by atoms with E-state index in [-0.39, 0.29) is 0 Å². The molecule has 0 radical (unpaired) electrons. The molecular formula is C51H32N2O2. The fourth-order valence-electron chi connectivity index (χ4n) is 7.83. The number of oxazole rings is 1. The third-order valence-electron chi connectivity index (χ3n) is 10.7. The Bertz CT molecular complexity index is 3160. The van der Waals surface area contributed by atoms with Crippen LogP contribution in [0.15, 0.2) is 203 Å². The van der Waals surface area contributed by atoms with Crippen molar-refractivity contribution >= 4 is 71.6 Å². The molecule has 0 fully saturated rings. The maximum atomic E-state index is 6.65. The molecule has 0 saturated carbocycles. The van der Waals surface area contributed by atoms with Crippen LogP contribution in [0.5, 0.6) is 0 Å². The van der Waals surface area contributed by atoms with E-state index >= 15 is 0 Å². The van der Waals surface area contributed by atoms with E-state index in [0.29, 0.717) is 5.89 Å². The summed E-state index contributed by atoms with van der Waals surface area (Å²) in [7, 11) is 0. The molecule has 0 unspecified atom stereocenters. The Hall–Kier alpha value is -7.43. The molecule has 0 aliphatic heterocycles. The summed E-state index contributed by atoms with van der Waals surface area (Å²) in [6, 6.07) is 68.4. The van der Waals surface area contributed by atoms with Gasteiger partial charge in [0, 0.05) is 39.5 Å². The zero-order valence-corrected chi connectivity index (χ0v) is 29.7. The molecule has 0 amide bonds. The van der Waals surface area contributed by atoms with Crippen molar-refractivity contribution in [3.8, 4) is 33.7 Å². The van der Waals surface area contributed by atoms with Crippen molar-refractivity contribution in [2.45, 2.75) is 0 Å². The number of anilines is 3. The van der Waals surface area contributed by atoms with Gasteiger partial charge in [-0.25, -0.2) is 4.98 Å². The Morgan fingerprint density at radius 2 is 0.873 bits per heavy atom. The molecule has 258 valence electrons. The van der Waals surface area contributed by atoms with Gasteiger partial charge >= 0.3 is 0 Å². The molecule has 0 spiro atoms. The number of aromatic nitrogens is 1. The highest BCUT2D eigenvalue weighted by Crippen LogP contribution is 2.41. The van der Waals surface area contributed by atoms with Gasteiger partial charge in [0.15, 0.2) is 5.58 Å². The quantitative estimate of drug-likeness (QED) is 0.162. The lowest BCUT2D eigenvalue weighted by atomic mass is 10.0. The number of hydrogen-bond acceptors (Lipinski definition) is 4. The predicted octanol–water partition coefficient (Wildman–Crippen LogP) is 14.5. The van der Waals surface area contributed by atoms with Crippen LogP contribution in [0.3, 0.4) is 0 Å². The van der Waals surface area contributed by atoms with Crippen LogP contribution in [0.25, 0.3) is 88.3 Å². The minimum Gasteiger partial charge on any atom is -0.456 e. The maximum Gasteiger partial charge on any atom is 0.227 e. The molecule has 0 N–H and O–H groups in total. The Balaban J connectivity index is 0.980. The molecule has 0 bridgehead atoms. The molecule has 55 heavy (non-hydrogen) atoms. The molecule has 4 nitrogen and oxygen atoms in total. The average molecular weight is 705 g/mol. The number of hydrogen-bond donors (Lipinski definition) is 0. The first kappa shape index (κ1) is 31.1. The Labute approximate surface area is 317 Å². The first-order valence-electron chi connectivity index (χ1n) is 18.5. The van der Waals surface area contributed by atoms with E-state index in [9.17, 15) is 0 Å². The summed E-state index contributed by atoms with van der Waals surface area (Å²) in [5.74, 6) is 0.620. The lowest BCUT2D eigenvalue weighted by Gasteiger charge is -2.26. The zero-order chi connectivity index (χ0) is 36.3. The normalized spacial score (nSPS) is 11.6. The molecule has 4 heteroatoms. The van der Waals surface area contributed by atoms with Crippen LogP contribution >= 0.6 is 0 Å². The molecule has 0 aliphatic rings. The molecule has 11 aromatic rings. The Kier molecular flexibility index (Phi) is 7.14. The highest BCUT2D eigenvalue weighted by atomic mass is 16.3. The molecular weight excluding hydrogens is 673 g/mol. The number of furan rings is 1. The number of benzene rings is 9. The second-order valence-electron chi connectivity index (χ2n) is 14.0. The Morgan fingerprint density at radius 3 is 1.67 bits per heavy atom. The monoisotopic (exact) mass is 704 g/mol. The third kappa shape index (κ3) is 5.51. The summed E-state index contributed by atoms with van der Waals surface area (Å²) in [6.45, 7) is 0. The average Bonchev–Trinajstić information content (AvgIpc) is 3.85. The van der Waals surface area contributed by atoms with Crippen LogP contribution in [-0.2, 0) is 0 Å². The van der Waals surface area contributed by atoms with E-state index in [4.69, 9.17) is 8.83 Å². The van der Waals surface area contributed by atoms with Crippen molar-refractivity contribution in [2.24, 2.45) is 0 Å². The smallest absolute Gasteiger partial charge is 0.227 e. The summed E-state index contributed by atoms with van der Waals surface area (Å²) < 4.78 is 12.6. The zero-order valence-electron chi connectivity index (χ0n) is 29.7. The molecule has 2 aromatic heterocycles. The second kappa shape index (κ2) is 12.6.